The molecule has 1 aliphatic rings. The van der Waals surface area contributed by atoms with Crippen molar-refractivity contribution in [1.29, 1.82) is 0 Å². The predicted molar refractivity (Wildman–Crippen MR) is 50.9 cm³/mol. The summed E-state index contributed by atoms with van der Waals surface area (Å²) in [7, 11) is 0. The first-order valence-electron chi connectivity index (χ1n) is 4.02. The molecule has 0 saturated heterocycles. The van der Waals surface area contributed by atoms with Crippen LogP contribution in [0.25, 0.3) is 0 Å². The summed E-state index contributed by atoms with van der Waals surface area (Å²) in [5.74, 6) is 0. The molecule has 1 atom stereocenters. The van der Waals surface area contributed by atoms with Gasteiger partial charge in [0.2, 0.25) is 0 Å². The van der Waals surface area contributed by atoms with Crippen molar-refractivity contribution in [1.82, 2.24) is 0 Å². The van der Waals surface area contributed by atoms with Gasteiger partial charge in [-0.05, 0) is 33.6 Å². The van der Waals surface area contributed by atoms with E-state index in [1.165, 1.54) is 4.48 Å². The first-order chi connectivity index (χ1) is 4.99. The Morgan fingerprint density at radius 1 is 1.55 bits per heavy atom. The van der Waals surface area contributed by atoms with Gasteiger partial charge in [0.1, 0.15) is 0 Å². The van der Waals surface area contributed by atoms with E-state index in [9.17, 15) is 0 Å². The van der Waals surface area contributed by atoms with E-state index < -0.39 is 0 Å². The fraction of sp³-hybridized carbons (Fsp3) is 0.778. The maximum Gasteiger partial charge on any atom is 0.0896 e. The largest absolute Gasteiger partial charge is 0.367 e. The van der Waals surface area contributed by atoms with Crippen molar-refractivity contribution < 1.29 is 4.74 Å². The first-order valence-corrected chi connectivity index (χ1v) is 4.82. The van der Waals surface area contributed by atoms with E-state index >= 15 is 0 Å². The lowest BCUT2D eigenvalue weighted by atomic mass is 10.2. The van der Waals surface area contributed by atoms with Crippen molar-refractivity contribution in [3.63, 3.8) is 0 Å². The molecule has 0 unspecified atom stereocenters. The van der Waals surface area contributed by atoms with E-state index in [0.29, 0.717) is 6.10 Å². The lowest BCUT2D eigenvalue weighted by molar-refractivity contribution is -0.0385. The Morgan fingerprint density at radius 3 is 2.55 bits per heavy atom. The van der Waals surface area contributed by atoms with Crippen molar-refractivity contribution in [3.05, 3.63) is 10.6 Å². The lowest BCUT2D eigenvalue weighted by Gasteiger charge is -2.25. The Balaban J connectivity index is 2.45. The molecule has 0 radical (unpaired) electrons. The second kappa shape index (κ2) is 3.28. The van der Waals surface area contributed by atoms with Crippen LogP contribution in [0.4, 0.5) is 0 Å². The van der Waals surface area contributed by atoms with E-state index in [2.05, 4.69) is 42.8 Å². The molecule has 0 fully saturated rings. The smallest absolute Gasteiger partial charge is 0.0896 e. The highest BCUT2D eigenvalue weighted by Gasteiger charge is 2.23. The van der Waals surface area contributed by atoms with Gasteiger partial charge in [-0.1, -0.05) is 22.0 Å². The Labute approximate surface area is 76.9 Å². The van der Waals surface area contributed by atoms with Gasteiger partial charge in [-0.15, -0.1) is 0 Å². The van der Waals surface area contributed by atoms with E-state index in [4.69, 9.17) is 4.74 Å². The third kappa shape index (κ3) is 2.96. The normalized spacial score (nSPS) is 25.5. The average Bonchev–Trinajstić information content (AvgIpc) is 2.12. The van der Waals surface area contributed by atoms with Crippen LogP contribution >= 0.6 is 15.9 Å². The summed E-state index contributed by atoms with van der Waals surface area (Å²) in [6.45, 7) is 6.27. The third-order valence-electron chi connectivity index (χ3n) is 1.57. The topological polar surface area (TPSA) is 9.23 Å². The van der Waals surface area contributed by atoms with Gasteiger partial charge < -0.3 is 4.74 Å². The number of allylic oxidation sites excluding steroid dienone is 1. The molecule has 0 aromatic carbocycles. The highest BCUT2D eigenvalue weighted by atomic mass is 79.9. The van der Waals surface area contributed by atoms with Gasteiger partial charge in [0.15, 0.2) is 0 Å². The standard InChI is InChI=1S/C9H15BrO/c1-9(2,3)11-8-6-4-5-7(8)10/h5,8H,4,6H2,1-3H3/t8-/m0/s1. The molecule has 0 bridgehead atoms. The molecule has 2 heteroatoms. The number of rotatable bonds is 1. The molecule has 64 valence electrons. The molecule has 0 aromatic rings. The Hall–Kier alpha value is 0.180. The van der Waals surface area contributed by atoms with E-state index in [1.807, 2.05) is 0 Å². The first kappa shape index (κ1) is 9.27. The quantitative estimate of drug-likeness (QED) is 0.657. The van der Waals surface area contributed by atoms with Crippen molar-refractivity contribution in [2.75, 3.05) is 0 Å². The summed E-state index contributed by atoms with van der Waals surface area (Å²) in [5, 5.41) is 0. The third-order valence-corrected chi connectivity index (χ3v) is 2.41. The summed E-state index contributed by atoms with van der Waals surface area (Å²) in [6.07, 6.45) is 4.75. The monoisotopic (exact) mass is 218 g/mol. The van der Waals surface area contributed by atoms with Crippen LogP contribution in [0.5, 0.6) is 0 Å². The zero-order valence-corrected chi connectivity index (χ0v) is 8.94. The fourth-order valence-corrected chi connectivity index (χ4v) is 1.74. The van der Waals surface area contributed by atoms with Gasteiger partial charge >= 0.3 is 0 Å². The van der Waals surface area contributed by atoms with Gasteiger partial charge in [-0.2, -0.15) is 0 Å². The molecule has 0 N–H and O–H groups in total. The van der Waals surface area contributed by atoms with Crippen LogP contribution in [0.2, 0.25) is 0 Å². The number of ether oxygens (including phenoxy) is 1. The van der Waals surface area contributed by atoms with Crippen LogP contribution in [0.15, 0.2) is 10.6 Å². The van der Waals surface area contributed by atoms with Crippen molar-refractivity contribution in [2.24, 2.45) is 0 Å². The number of hydrogen-bond acceptors (Lipinski definition) is 1. The van der Waals surface area contributed by atoms with Gasteiger partial charge in [0, 0.05) is 4.48 Å². The summed E-state index contributed by atoms with van der Waals surface area (Å²) in [6, 6.07) is 0. The average molecular weight is 219 g/mol. The molecular weight excluding hydrogens is 204 g/mol. The van der Waals surface area contributed by atoms with Crippen molar-refractivity contribution in [2.45, 2.75) is 45.3 Å². The highest BCUT2D eigenvalue weighted by Crippen LogP contribution is 2.29. The molecule has 1 nitrogen and oxygen atoms in total. The maximum atomic E-state index is 5.80. The summed E-state index contributed by atoms with van der Waals surface area (Å²) in [5.41, 5.74) is -0.0259. The van der Waals surface area contributed by atoms with Crippen LogP contribution in [-0.2, 0) is 4.74 Å². The lowest BCUT2D eigenvalue weighted by Crippen LogP contribution is -2.26. The predicted octanol–water partition coefficient (Wildman–Crippen LogP) is 3.24. The molecule has 0 amide bonds. The molecule has 1 rings (SSSR count). The minimum absolute atomic E-state index is 0.0259. The summed E-state index contributed by atoms with van der Waals surface area (Å²) in [4.78, 5) is 0. The number of halogens is 1. The van der Waals surface area contributed by atoms with Gasteiger partial charge in [-0.3, -0.25) is 0 Å². The van der Waals surface area contributed by atoms with Crippen LogP contribution < -0.4 is 0 Å². The molecule has 0 spiro atoms. The minimum Gasteiger partial charge on any atom is -0.367 e. The molecule has 0 aromatic heterocycles. The summed E-state index contributed by atoms with van der Waals surface area (Å²) < 4.78 is 7.01. The van der Waals surface area contributed by atoms with Crippen molar-refractivity contribution in [3.8, 4) is 0 Å². The Morgan fingerprint density at radius 2 is 2.18 bits per heavy atom. The van der Waals surface area contributed by atoms with Gasteiger partial charge in [0.05, 0.1) is 11.7 Å². The number of hydrogen-bond donors (Lipinski definition) is 0. The summed E-state index contributed by atoms with van der Waals surface area (Å²) >= 11 is 3.49. The van der Waals surface area contributed by atoms with Crippen LogP contribution in [0.1, 0.15) is 33.6 Å². The van der Waals surface area contributed by atoms with Crippen LogP contribution in [0, 0.1) is 0 Å². The van der Waals surface area contributed by atoms with Crippen molar-refractivity contribution >= 4 is 15.9 Å². The molecule has 1 aliphatic carbocycles. The van der Waals surface area contributed by atoms with Gasteiger partial charge in [0.25, 0.3) is 0 Å². The highest BCUT2D eigenvalue weighted by molar-refractivity contribution is 9.11. The molecule has 11 heavy (non-hydrogen) atoms. The van der Waals surface area contributed by atoms with E-state index in [1.54, 1.807) is 0 Å². The molecule has 0 saturated carbocycles. The van der Waals surface area contributed by atoms with Crippen LogP contribution in [-0.4, -0.2) is 11.7 Å². The second-order valence-corrected chi connectivity index (χ2v) is 4.80. The van der Waals surface area contributed by atoms with Gasteiger partial charge in [-0.25, -0.2) is 0 Å². The van der Waals surface area contributed by atoms with E-state index in [0.717, 1.165) is 12.8 Å². The zero-order chi connectivity index (χ0) is 8.48. The van der Waals surface area contributed by atoms with Crippen LogP contribution in [0.3, 0.4) is 0 Å². The zero-order valence-electron chi connectivity index (χ0n) is 7.36. The second-order valence-electron chi connectivity index (χ2n) is 3.89. The fourth-order valence-electron chi connectivity index (χ4n) is 1.18. The Kier molecular flexibility index (Phi) is 2.76. The maximum absolute atomic E-state index is 5.80. The minimum atomic E-state index is -0.0259. The van der Waals surface area contributed by atoms with E-state index in [-0.39, 0.29) is 5.60 Å². The SMILES string of the molecule is CC(C)(C)O[C@H]1CCC=C1Br. The molecule has 0 heterocycles. The molecule has 0 aliphatic heterocycles. The molecular formula is C9H15BrO. The Bertz CT molecular complexity index is 167.